The van der Waals surface area contributed by atoms with Gasteiger partial charge in [-0.05, 0) is 36.1 Å². The number of nitrogens with zero attached hydrogens (tertiary/aromatic N) is 2. The predicted octanol–water partition coefficient (Wildman–Crippen LogP) is 3.56. The summed E-state index contributed by atoms with van der Waals surface area (Å²) in [4.78, 5) is 18.1. The lowest BCUT2D eigenvalue weighted by Crippen LogP contribution is -2.31. The van der Waals surface area contributed by atoms with Crippen LogP contribution in [-0.2, 0) is 11.3 Å². The molecular formula is C17H18N2O2. The first-order valence-corrected chi connectivity index (χ1v) is 7.22. The molecule has 0 unspecified atom stereocenters. The number of likely N-dealkylation sites (tertiary alicyclic amines) is 1. The lowest BCUT2D eigenvalue weighted by molar-refractivity contribution is 0.0920. The van der Waals surface area contributed by atoms with Crippen LogP contribution in [0, 0.1) is 0 Å². The molecule has 1 aliphatic rings. The highest BCUT2D eigenvalue weighted by Gasteiger charge is 2.30. The Morgan fingerprint density at radius 2 is 1.95 bits per heavy atom. The molecule has 0 aliphatic carbocycles. The summed E-state index contributed by atoms with van der Waals surface area (Å²) in [6, 6.07) is 13.8. The minimum Gasteiger partial charge on any atom is -0.445 e. The van der Waals surface area contributed by atoms with E-state index in [9.17, 15) is 4.79 Å². The maximum absolute atomic E-state index is 12.3. The number of hydrogen-bond acceptors (Lipinski definition) is 3. The van der Waals surface area contributed by atoms with Crippen LogP contribution < -0.4 is 0 Å². The van der Waals surface area contributed by atoms with Crippen LogP contribution in [0.5, 0.6) is 0 Å². The largest absolute Gasteiger partial charge is 0.445 e. The molecule has 2 heterocycles. The molecule has 1 aromatic heterocycles. The SMILES string of the molecule is O=C(OCc1ccccc1)N1CCC[C@H]1c1ccncc1. The number of benzene rings is 1. The average Bonchev–Trinajstić information content (AvgIpc) is 3.04. The summed E-state index contributed by atoms with van der Waals surface area (Å²) in [5.74, 6) is 0. The molecule has 0 radical (unpaired) electrons. The van der Waals surface area contributed by atoms with E-state index in [1.165, 1.54) is 0 Å². The van der Waals surface area contributed by atoms with Crippen molar-refractivity contribution < 1.29 is 9.53 Å². The van der Waals surface area contributed by atoms with Gasteiger partial charge < -0.3 is 9.64 Å². The van der Waals surface area contributed by atoms with Crippen molar-refractivity contribution in [2.75, 3.05) is 6.54 Å². The minimum atomic E-state index is -0.238. The van der Waals surface area contributed by atoms with E-state index in [4.69, 9.17) is 4.74 Å². The van der Waals surface area contributed by atoms with Crippen LogP contribution >= 0.6 is 0 Å². The van der Waals surface area contributed by atoms with Crippen molar-refractivity contribution in [1.29, 1.82) is 0 Å². The van der Waals surface area contributed by atoms with E-state index < -0.39 is 0 Å². The third kappa shape index (κ3) is 3.21. The van der Waals surface area contributed by atoms with Gasteiger partial charge in [-0.1, -0.05) is 30.3 Å². The Morgan fingerprint density at radius 3 is 2.71 bits per heavy atom. The van der Waals surface area contributed by atoms with Gasteiger partial charge in [-0.3, -0.25) is 4.98 Å². The lowest BCUT2D eigenvalue weighted by atomic mass is 10.1. The van der Waals surface area contributed by atoms with Crippen molar-refractivity contribution in [3.8, 4) is 0 Å². The number of aromatic nitrogens is 1. The molecule has 1 amide bonds. The zero-order valence-electron chi connectivity index (χ0n) is 11.8. The van der Waals surface area contributed by atoms with Crippen LogP contribution in [0.2, 0.25) is 0 Å². The zero-order valence-corrected chi connectivity index (χ0v) is 11.8. The number of amides is 1. The van der Waals surface area contributed by atoms with Gasteiger partial charge in [-0.2, -0.15) is 0 Å². The summed E-state index contributed by atoms with van der Waals surface area (Å²) in [5, 5.41) is 0. The highest BCUT2D eigenvalue weighted by molar-refractivity contribution is 5.68. The Labute approximate surface area is 124 Å². The Kier molecular flexibility index (Phi) is 4.15. The second kappa shape index (κ2) is 6.39. The first-order valence-electron chi connectivity index (χ1n) is 7.22. The number of carbonyl (C=O) groups is 1. The van der Waals surface area contributed by atoms with Crippen molar-refractivity contribution in [3.63, 3.8) is 0 Å². The van der Waals surface area contributed by atoms with E-state index in [-0.39, 0.29) is 12.1 Å². The molecule has 4 nitrogen and oxygen atoms in total. The van der Waals surface area contributed by atoms with Crippen LogP contribution in [0.1, 0.15) is 30.0 Å². The predicted molar refractivity (Wildman–Crippen MR) is 79.5 cm³/mol. The molecule has 2 aromatic rings. The van der Waals surface area contributed by atoms with Gasteiger partial charge in [0.05, 0.1) is 6.04 Å². The van der Waals surface area contributed by atoms with E-state index >= 15 is 0 Å². The second-order valence-corrected chi connectivity index (χ2v) is 5.17. The maximum atomic E-state index is 12.3. The fourth-order valence-corrected chi connectivity index (χ4v) is 2.72. The molecule has 0 spiro atoms. The third-order valence-electron chi connectivity index (χ3n) is 3.78. The van der Waals surface area contributed by atoms with Crippen LogP contribution in [-0.4, -0.2) is 22.5 Å². The van der Waals surface area contributed by atoms with E-state index in [0.29, 0.717) is 6.61 Å². The molecule has 4 heteroatoms. The van der Waals surface area contributed by atoms with Gasteiger partial charge in [-0.15, -0.1) is 0 Å². The molecule has 1 saturated heterocycles. The normalized spacial score (nSPS) is 17.7. The summed E-state index contributed by atoms with van der Waals surface area (Å²) in [7, 11) is 0. The van der Waals surface area contributed by atoms with E-state index in [2.05, 4.69) is 4.98 Å². The monoisotopic (exact) mass is 282 g/mol. The standard InChI is InChI=1S/C17H18N2O2/c20-17(21-13-14-5-2-1-3-6-14)19-12-4-7-16(19)15-8-10-18-11-9-15/h1-3,5-6,8-11,16H,4,7,12-13H2/t16-/m0/s1. The Bertz CT molecular complexity index is 586. The van der Waals surface area contributed by atoms with E-state index in [0.717, 1.165) is 30.5 Å². The second-order valence-electron chi connectivity index (χ2n) is 5.17. The topological polar surface area (TPSA) is 42.4 Å². The molecular weight excluding hydrogens is 264 g/mol. The molecule has 1 aliphatic heterocycles. The summed E-state index contributed by atoms with van der Waals surface area (Å²) >= 11 is 0. The van der Waals surface area contributed by atoms with Crippen LogP contribution in [0.25, 0.3) is 0 Å². The van der Waals surface area contributed by atoms with Gasteiger partial charge >= 0.3 is 6.09 Å². The fraction of sp³-hybridized carbons (Fsp3) is 0.294. The fourth-order valence-electron chi connectivity index (χ4n) is 2.72. The molecule has 1 aromatic carbocycles. The molecule has 1 atom stereocenters. The maximum Gasteiger partial charge on any atom is 0.410 e. The van der Waals surface area contributed by atoms with Crippen molar-refractivity contribution in [2.24, 2.45) is 0 Å². The van der Waals surface area contributed by atoms with Crippen LogP contribution in [0.15, 0.2) is 54.9 Å². The molecule has 108 valence electrons. The van der Waals surface area contributed by atoms with Crippen molar-refractivity contribution in [2.45, 2.75) is 25.5 Å². The smallest absolute Gasteiger partial charge is 0.410 e. The first kappa shape index (κ1) is 13.6. The number of pyridine rings is 1. The Hall–Kier alpha value is -2.36. The van der Waals surface area contributed by atoms with Crippen molar-refractivity contribution in [1.82, 2.24) is 9.88 Å². The average molecular weight is 282 g/mol. The van der Waals surface area contributed by atoms with Crippen LogP contribution in [0.3, 0.4) is 0 Å². The molecule has 1 fully saturated rings. The first-order chi connectivity index (χ1) is 10.3. The third-order valence-corrected chi connectivity index (χ3v) is 3.78. The van der Waals surface area contributed by atoms with E-state index in [1.54, 1.807) is 12.4 Å². The summed E-state index contributed by atoms with van der Waals surface area (Å²) in [6.45, 7) is 1.07. The van der Waals surface area contributed by atoms with Crippen LogP contribution in [0.4, 0.5) is 4.79 Å². The Morgan fingerprint density at radius 1 is 1.19 bits per heavy atom. The Balaban J connectivity index is 1.64. The molecule has 21 heavy (non-hydrogen) atoms. The highest BCUT2D eigenvalue weighted by atomic mass is 16.6. The number of carbonyl (C=O) groups excluding carboxylic acids is 1. The van der Waals surface area contributed by atoms with Gasteiger partial charge in [0.25, 0.3) is 0 Å². The minimum absolute atomic E-state index is 0.108. The molecule has 0 saturated carbocycles. The molecule has 0 N–H and O–H groups in total. The quantitative estimate of drug-likeness (QED) is 0.864. The van der Waals surface area contributed by atoms with Gasteiger partial charge in [0, 0.05) is 18.9 Å². The number of hydrogen-bond donors (Lipinski definition) is 0. The summed E-state index contributed by atoms with van der Waals surface area (Å²) < 4.78 is 5.44. The summed E-state index contributed by atoms with van der Waals surface area (Å²) in [6.07, 6.45) is 5.28. The number of ether oxygens (including phenoxy) is 1. The molecule has 0 bridgehead atoms. The zero-order chi connectivity index (χ0) is 14.5. The molecule has 3 rings (SSSR count). The van der Waals surface area contributed by atoms with Gasteiger partial charge in [0.2, 0.25) is 0 Å². The summed E-state index contributed by atoms with van der Waals surface area (Å²) in [5.41, 5.74) is 2.13. The van der Waals surface area contributed by atoms with Gasteiger partial charge in [0.1, 0.15) is 6.61 Å². The lowest BCUT2D eigenvalue weighted by Gasteiger charge is -2.24. The van der Waals surface area contributed by atoms with Gasteiger partial charge in [-0.25, -0.2) is 4.79 Å². The van der Waals surface area contributed by atoms with Gasteiger partial charge in [0.15, 0.2) is 0 Å². The van der Waals surface area contributed by atoms with E-state index in [1.807, 2.05) is 47.4 Å². The number of rotatable bonds is 3. The highest BCUT2D eigenvalue weighted by Crippen LogP contribution is 2.32. The van der Waals surface area contributed by atoms with Crippen molar-refractivity contribution >= 4 is 6.09 Å². The van der Waals surface area contributed by atoms with Crippen molar-refractivity contribution in [3.05, 3.63) is 66.0 Å².